The summed E-state index contributed by atoms with van der Waals surface area (Å²) in [5, 5.41) is 14.0. The molecule has 5 rings (SSSR count). The third-order valence-corrected chi connectivity index (χ3v) is 8.84. The van der Waals surface area contributed by atoms with E-state index in [1.54, 1.807) is 27.0 Å². The van der Waals surface area contributed by atoms with Crippen molar-refractivity contribution in [1.29, 1.82) is 5.26 Å². The van der Waals surface area contributed by atoms with Gasteiger partial charge >= 0.3 is 6.09 Å². The van der Waals surface area contributed by atoms with E-state index in [0.29, 0.717) is 22.4 Å². The molecule has 0 aliphatic carbocycles. The third-order valence-electron chi connectivity index (χ3n) is 7.73. The second-order valence-corrected chi connectivity index (χ2v) is 12.8. The summed E-state index contributed by atoms with van der Waals surface area (Å²) in [5.74, 6) is -0.335. The molecule has 1 N–H and O–H groups in total. The van der Waals surface area contributed by atoms with Crippen molar-refractivity contribution in [1.82, 2.24) is 9.88 Å². The molecule has 2 aliphatic heterocycles. The molecule has 2 aliphatic rings. The number of hydrogen-bond acceptors (Lipinski definition) is 7. The van der Waals surface area contributed by atoms with E-state index in [0.717, 1.165) is 60.4 Å². The number of carbonyl (C=O) groups excluding carboxylic acids is 1. The number of likely N-dealkylation sites (tertiary alicyclic amines) is 1. The highest BCUT2D eigenvalue weighted by atomic mass is 32.1. The monoisotopic (exact) mass is 607 g/mol. The van der Waals surface area contributed by atoms with E-state index in [9.17, 15) is 10.1 Å². The number of amidine groups is 1. The molecule has 1 aromatic carbocycles. The highest BCUT2D eigenvalue weighted by molar-refractivity contribution is 7.23. The Kier molecular flexibility index (Phi) is 8.54. The van der Waals surface area contributed by atoms with Crippen LogP contribution >= 0.6 is 11.3 Å². The van der Waals surface area contributed by atoms with Gasteiger partial charge in [-0.2, -0.15) is 5.26 Å². The first-order valence-corrected chi connectivity index (χ1v) is 15.2. The maximum Gasteiger partial charge on any atom is 0.412 e. The molecule has 3 aromatic rings. The van der Waals surface area contributed by atoms with Crippen LogP contribution in [0.2, 0.25) is 0 Å². The van der Waals surface area contributed by atoms with Gasteiger partial charge in [-0.25, -0.2) is 18.6 Å². The van der Waals surface area contributed by atoms with Crippen molar-refractivity contribution in [3.05, 3.63) is 45.0 Å². The minimum Gasteiger partial charge on any atom is -0.444 e. The summed E-state index contributed by atoms with van der Waals surface area (Å²) in [6.45, 7) is 13.2. The lowest BCUT2D eigenvalue weighted by Gasteiger charge is -2.19. The van der Waals surface area contributed by atoms with E-state index < -0.39 is 23.3 Å². The van der Waals surface area contributed by atoms with E-state index in [-0.39, 0.29) is 45.1 Å². The summed E-state index contributed by atoms with van der Waals surface area (Å²) in [6, 6.07) is 2.08. The van der Waals surface area contributed by atoms with E-state index in [1.165, 1.54) is 0 Å². The zero-order valence-electron chi connectivity index (χ0n) is 25.3. The van der Waals surface area contributed by atoms with Crippen molar-refractivity contribution >= 4 is 50.1 Å². The highest BCUT2D eigenvalue weighted by Gasteiger charge is 2.30. The maximum atomic E-state index is 16.9. The Bertz CT molecular complexity index is 1810. The van der Waals surface area contributed by atoms with Crippen LogP contribution in [-0.2, 0) is 22.7 Å². The average molecular weight is 608 g/mol. The van der Waals surface area contributed by atoms with Crippen molar-refractivity contribution in [2.24, 2.45) is 4.99 Å². The molecule has 11 heteroatoms. The smallest absolute Gasteiger partial charge is 0.412 e. The van der Waals surface area contributed by atoms with Crippen LogP contribution in [0.5, 0.6) is 0 Å². The van der Waals surface area contributed by atoms with Crippen LogP contribution in [-0.4, -0.2) is 40.5 Å². The summed E-state index contributed by atoms with van der Waals surface area (Å²) >= 11 is 0.882. The molecule has 0 saturated carbocycles. The van der Waals surface area contributed by atoms with Crippen molar-refractivity contribution < 1.29 is 23.0 Å². The number of rotatable bonds is 4. The third kappa shape index (κ3) is 5.86. The number of fused-ring (bicyclic) bond motifs is 2. The van der Waals surface area contributed by atoms with Gasteiger partial charge in [-0.3, -0.25) is 10.3 Å². The number of nitrogens with zero attached hydrogens (tertiary/aromatic N) is 4. The summed E-state index contributed by atoms with van der Waals surface area (Å²) in [7, 11) is 0. The fraction of sp³-hybridized carbons (Fsp3) is 0.438. The van der Waals surface area contributed by atoms with Gasteiger partial charge in [0.1, 0.15) is 28.3 Å². The number of carbonyl (C=O) groups is 1. The molecule has 2 aromatic heterocycles. The zero-order chi connectivity index (χ0) is 31.1. The van der Waals surface area contributed by atoms with Gasteiger partial charge in [0.15, 0.2) is 5.82 Å². The number of ether oxygens (including phenoxy) is 2. The largest absolute Gasteiger partial charge is 0.444 e. The van der Waals surface area contributed by atoms with Crippen LogP contribution < -0.4 is 15.8 Å². The second kappa shape index (κ2) is 12.0. The number of hydrogen-bond donors (Lipinski definition) is 1. The van der Waals surface area contributed by atoms with E-state index >= 15 is 8.78 Å². The molecule has 4 heterocycles. The van der Waals surface area contributed by atoms with Crippen LogP contribution in [0.4, 0.5) is 18.6 Å². The Morgan fingerprint density at radius 2 is 1.95 bits per heavy atom. The fourth-order valence-electron chi connectivity index (χ4n) is 5.53. The molecule has 1 saturated heterocycles. The Morgan fingerprint density at radius 1 is 1.26 bits per heavy atom. The summed E-state index contributed by atoms with van der Waals surface area (Å²) in [4.78, 5) is 23.9. The quantitative estimate of drug-likeness (QED) is 0.275. The minimum absolute atomic E-state index is 0.0147. The van der Waals surface area contributed by atoms with Gasteiger partial charge in [0.2, 0.25) is 0 Å². The van der Waals surface area contributed by atoms with E-state index in [4.69, 9.17) is 14.5 Å². The number of aliphatic imine (C=N–C) groups is 1. The number of amides is 1. The number of benzene rings is 1. The van der Waals surface area contributed by atoms with Gasteiger partial charge in [-0.15, -0.1) is 11.3 Å². The number of aromatic nitrogens is 1. The lowest BCUT2D eigenvalue weighted by atomic mass is 9.92. The number of thiophene rings is 1. The van der Waals surface area contributed by atoms with Crippen LogP contribution in [0.15, 0.2) is 11.2 Å². The Morgan fingerprint density at radius 3 is 2.60 bits per heavy atom. The van der Waals surface area contributed by atoms with Gasteiger partial charge in [0, 0.05) is 40.7 Å². The first-order chi connectivity index (χ1) is 20.4. The average Bonchev–Trinajstić information content (AvgIpc) is 3.71. The van der Waals surface area contributed by atoms with Gasteiger partial charge in [-0.1, -0.05) is 12.5 Å². The molecule has 0 radical (unpaired) electrons. The molecule has 8 nitrogen and oxygen atoms in total. The first-order valence-electron chi connectivity index (χ1n) is 14.4. The molecule has 0 atom stereocenters. The Labute approximate surface area is 253 Å². The van der Waals surface area contributed by atoms with Crippen LogP contribution in [0.25, 0.3) is 33.1 Å². The predicted octanol–water partition coefficient (Wildman–Crippen LogP) is 6.32. The van der Waals surface area contributed by atoms with Gasteiger partial charge in [-0.05, 0) is 65.0 Å². The standard InChI is InChI=1S/C32H35F2N5O3S/c1-7-17(2)24-20(13-36-18(3)39-10-8-9-11-39)21-15-41-16-22(21)25(27(24)34)28-26-19(12-35)30(38-31(40)42-32(4,5)6)43-29(26)23(33)14-37-28/h13-14H,7-11,15-16H2,1-6H3,(H,38,40)/b20-13-,24-17?,36-18?. The number of nitriles is 1. The lowest BCUT2D eigenvalue weighted by molar-refractivity contribution is 0.0636. The van der Waals surface area contributed by atoms with Crippen LogP contribution in [0.1, 0.15) is 77.5 Å². The van der Waals surface area contributed by atoms with Gasteiger partial charge in [0.05, 0.1) is 35.4 Å². The molecule has 1 amide bonds. The molecular formula is C32H35F2N5O3S. The van der Waals surface area contributed by atoms with Crippen LogP contribution in [0, 0.1) is 23.0 Å². The maximum absolute atomic E-state index is 16.9. The topological polar surface area (TPSA) is 99.8 Å². The van der Waals surface area contributed by atoms with Crippen molar-refractivity contribution in [2.75, 3.05) is 18.4 Å². The van der Waals surface area contributed by atoms with Crippen LogP contribution in [0.3, 0.4) is 0 Å². The fourth-order valence-corrected chi connectivity index (χ4v) is 6.57. The van der Waals surface area contributed by atoms with Gasteiger partial charge in [0.25, 0.3) is 0 Å². The Hall–Kier alpha value is -3.88. The number of pyridine rings is 1. The van der Waals surface area contributed by atoms with Crippen molar-refractivity contribution in [2.45, 2.75) is 79.6 Å². The van der Waals surface area contributed by atoms with Gasteiger partial charge < -0.3 is 14.4 Å². The minimum atomic E-state index is -0.786. The highest BCUT2D eigenvalue weighted by Crippen LogP contribution is 2.43. The zero-order valence-corrected chi connectivity index (χ0v) is 26.1. The normalized spacial score (nSPS) is 16.5. The van der Waals surface area contributed by atoms with E-state index in [1.807, 2.05) is 20.8 Å². The number of anilines is 1. The molecule has 1 fully saturated rings. The summed E-state index contributed by atoms with van der Waals surface area (Å²) < 4.78 is 43.4. The SMILES string of the molecule is CCC(C)=c1c(F)c(-c2ncc(F)c3sc(NC(=O)OC(C)(C)C)c(C#N)c23)c2c(/c1=C/N=C(C)N1CCCC1)COC2. The molecule has 0 unspecified atom stereocenters. The molecule has 0 bridgehead atoms. The Balaban J connectivity index is 1.78. The molecule has 43 heavy (non-hydrogen) atoms. The molecule has 226 valence electrons. The van der Waals surface area contributed by atoms with Crippen molar-refractivity contribution in [3.63, 3.8) is 0 Å². The van der Waals surface area contributed by atoms with Crippen molar-refractivity contribution in [3.8, 4) is 17.3 Å². The number of nitrogens with one attached hydrogen (secondary N) is 1. The summed E-state index contributed by atoms with van der Waals surface area (Å²) in [6.07, 6.45) is 4.79. The summed E-state index contributed by atoms with van der Waals surface area (Å²) in [5.41, 5.74) is 1.67. The lowest BCUT2D eigenvalue weighted by Crippen LogP contribution is -2.35. The second-order valence-electron chi connectivity index (χ2n) is 11.8. The number of halogens is 2. The molecule has 0 spiro atoms. The predicted molar refractivity (Wildman–Crippen MR) is 165 cm³/mol. The van der Waals surface area contributed by atoms with E-state index in [2.05, 4.69) is 21.3 Å². The first kappa shape index (κ1) is 30.6. The molecular weight excluding hydrogens is 572 g/mol.